The predicted molar refractivity (Wildman–Crippen MR) is 59.3 cm³/mol. The molecule has 0 bridgehead atoms. The van der Waals surface area contributed by atoms with Gasteiger partial charge in [-0.2, -0.15) is 0 Å². The Kier molecular flexibility index (Phi) is 4.85. The summed E-state index contributed by atoms with van der Waals surface area (Å²) in [6.45, 7) is 7.24. The van der Waals surface area contributed by atoms with Gasteiger partial charge in [0, 0.05) is 32.3 Å². The number of hydrogen-bond acceptors (Lipinski definition) is 3. The molecule has 1 saturated heterocycles. The Morgan fingerprint density at radius 1 is 1.43 bits per heavy atom. The molecule has 0 saturated carbocycles. The van der Waals surface area contributed by atoms with Crippen LogP contribution in [-0.4, -0.2) is 43.8 Å². The predicted octanol–water partition coefficient (Wildman–Crippen LogP) is 1.08. The summed E-state index contributed by atoms with van der Waals surface area (Å²) >= 11 is 0. The van der Waals surface area contributed by atoms with E-state index in [0.29, 0.717) is 18.6 Å². The van der Waals surface area contributed by atoms with Crippen molar-refractivity contribution in [3.63, 3.8) is 0 Å². The van der Waals surface area contributed by atoms with Crippen LogP contribution in [0.15, 0.2) is 0 Å². The van der Waals surface area contributed by atoms with Gasteiger partial charge in [0.1, 0.15) is 0 Å². The second kappa shape index (κ2) is 5.69. The number of rotatable bonds is 4. The molecule has 1 heterocycles. The smallest absolute Gasteiger partial charge is 0.0630 e. The summed E-state index contributed by atoms with van der Waals surface area (Å²) in [5.74, 6) is 0.803. The van der Waals surface area contributed by atoms with Crippen LogP contribution in [0.25, 0.3) is 0 Å². The van der Waals surface area contributed by atoms with Crippen LogP contribution >= 0.6 is 0 Å². The van der Waals surface area contributed by atoms with Crippen LogP contribution in [0.1, 0.15) is 26.7 Å². The molecule has 3 unspecified atom stereocenters. The van der Waals surface area contributed by atoms with Gasteiger partial charge in [-0.05, 0) is 25.7 Å². The molecule has 0 aromatic rings. The van der Waals surface area contributed by atoms with Gasteiger partial charge in [0.05, 0.1) is 6.61 Å². The fourth-order valence-electron chi connectivity index (χ4n) is 2.32. The van der Waals surface area contributed by atoms with Crippen molar-refractivity contribution in [2.45, 2.75) is 38.8 Å². The molecule has 0 aromatic heterocycles. The van der Waals surface area contributed by atoms with Crippen LogP contribution in [0, 0.1) is 5.92 Å². The van der Waals surface area contributed by atoms with E-state index in [1.165, 1.54) is 19.4 Å². The molecule has 0 radical (unpaired) electrons. The first kappa shape index (κ1) is 12.0. The molecular formula is C11H24N2O. The monoisotopic (exact) mass is 200 g/mol. The normalized spacial score (nSPS) is 31.7. The number of ether oxygens (including phenoxy) is 1. The van der Waals surface area contributed by atoms with E-state index in [4.69, 9.17) is 10.5 Å². The summed E-state index contributed by atoms with van der Waals surface area (Å²) in [6, 6.07) is 1.06. The molecule has 1 rings (SSSR count). The lowest BCUT2D eigenvalue weighted by Gasteiger charge is -2.41. The summed E-state index contributed by atoms with van der Waals surface area (Å²) in [4.78, 5) is 2.51. The third kappa shape index (κ3) is 2.94. The zero-order valence-corrected chi connectivity index (χ0v) is 9.70. The lowest BCUT2D eigenvalue weighted by Crippen LogP contribution is -2.52. The van der Waals surface area contributed by atoms with Crippen molar-refractivity contribution < 1.29 is 4.74 Å². The Labute approximate surface area is 87.6 Å². The minimum atomic E-state index is 0.401. The van der Waals surface area contributed by atoms with Crippen LogP contribution in [0.4, 0.5) is 0 Å². The highest BCUT2D eigenvalue weighted by Gasteiger charge is 2.27. The first-order chi connectivity index (χ1) is 6.69. The molecule has 0 aliphatic carbocycles. The molecule has 0 amide bonds. The number of likely N-dealkylation sites (tertiary alicyclic amines) is 1. The summed E-state index contributed by atoms with van der Waals surface area (Å²) in [5, 5.41) is 0. The Morgan fingerprint density at radius 2 is 2.14 bits per heavy atom. The van der Waals surface area contributed by atoms with Crippen molar-refractivity contribution in [3.8, 4) is 0 Å². The Balaban J connectivity index is 2.52. The maximum absolute atomic E-state index is 5.78. The van der Waals surface area contributed by atoms with Crippen LogP contribution in [0.2, 0.25) is 0 Å². The summed E-state index contributed by atoms with van der Waals surface area (Å²) in [6.07, 6.45) is 2.64. The van der Waals surface area contributed by atoms with E-state index in [1.807, 2.05) is 0 Å². The largest absolute Gasteiger partial charge is 0.383 e. The molecule has 1 aliphatic heterocycles. The van der Waals surface area contributed by atoms with Crippen molar-refractivity contribution in [2.24, 2.45) is 11.7 Å². The lowest BCUT2D eigenvalue weighted by molar-refractivity contribution is 0.0342. The SMILES string of the molecule is COCC(CN)N1CC(C)CCC1C. The van der Waals surface area contributed by atoms with Crippen molar-refractivity contribution in [1.82, 2.24) is 4.90 Å². The maximum Gasteiger partial charge on any atom is 0.0630 e. The van der Waals surface area contributed by atoms with E-state index < -0.39 is 0 Å². The van der Waals surface area contributed by atoms with Gasteiger partial charge in [-0.15, -0.1) is 0 Å². The third-order valence-corrected chi connectivity index (χ3v) is 3.27. The zero-order chi connectivity index (χ0) is 10.6. The molecule has 3 nitrogen and oxygen atoms in total. The van der Waals surface area contributed by atoms with Crippen molar-refractivity contribution in [3.05, 3.63) is 0 Å². The summed E-state index contributed by atoms with van der Waals surface area (Å²) in [7, 11) is 1.75. The molecule has 14 heavy (non-hydrogen) atoms. The third-order valence-electron chi connectivity index (χ3n) is 3.27. The summed E-state index contributed by atoms with van der Waals surface area (Å²) < 4.78 is 5.21. The molecule has 1 fully saturated rings. The molecule has 84 valence electrons. The minimum absolute atomic E-state index is 0.401. The highest BCUT2D eigenvalue weighted by Crippen LogP contribution is 2.23. The number of methoxy groups -OCH3 is 1. The van der Waals surface area contributed by atoms with Crippen molar-refractivity contribution in [2.75, 3.05) is 26.8 Å². The van der Waals surface area contributed by atoms with Crippen LogP contribution < -0.4 is 5.73 Å². The maximum atomic E-state index is 5.78. The minimum Gasteiger partial charge on any atom is -0.383 e. The number of nitrogens with zero attached hydrogens (tertiary/aromatic N) is 1. The number of piperidine rings is 1. The van der Waals surface area contributed by atoms with Gasteiger partial charge >= 0.3 is 0 Å². The first-order valence-electron chi connectivity index (χ1n) is 5.63. The molecule has 3 heteroatoms. The second-order valence-corrected chi connectivity index (χ2v) is 4.57. The Bertz CT molecular complexity index is 163. The van der Waals surface area contributed by atoms with E-state index in [2.05, 4.69) is 18.7 Å². The average molecular weight is 200 g/mol. The van der Waals surface area contributed by atoms with E-state index in [9.17, 15) is 0 Å². The quantitative estimate of drug-likeness (QED) is 0.738. The van der Waals surface area contributed by atoms with Crippen LogP contribution in [0.3, 0.4) is 0 Å². The Hall–Kier alpha value is -0.120. The fourth-order valence-corrected chi connectivity index (χ4v) is 2.32. The van der Waals surface area contributed by atoms with Gasteiger partial charge < -0.3 is 10.5 Å². The average Bonchev–Trinajstić information content (AvgIpc) is 2.18. The van der Waals surface area contributed by atoms with Gasteiger partial charge in [-0.1, -0.05) is 6.92 Å². The molecule has 0 aromatic carbocycles. The van der Waals surface area contributed by atoms with Crippen LogP contribution in [-0.2, 0) is 4.74 Å². The topological polar surface area (TPSA) is 38.5 Å². The number of hydrogen-bond donors (Lipinski definition) is 1. The second-order valence-electron chi connectivity index (χ2n) is 4.57. The van der Waals surface area contributed by atoms with Gasteiger partial charge in [0.2, 0.25) is 0 Å². The fraction of sp³-hybridized carbons (Fsp3) is 1.00. The summed E-state index contributed by atoms with van der Waals surface area (Å²) in [5.41, 5.74) is 5.78. The van der Waals surface area contributed by atoms with Crippen molar-refractivity contribution in [1.29, 1.82) is 0 Å². The molecule has 1 aliphatic rings. The molecular weight excluding hydrogens is 176 g/mol. The van der Waals surface area contributed by atoms with Gasteiger partial charge in [-0.3, -0.25) is 4.90 Å². The van der Waals surface area contributed by atoms with E-state index in [1.54, 1.807) is 7.11 Å². The zero-order valence-electron chi connectivity index (χ0n) is 9.70. The van der Waals surface area contributed by atoms with E-state index in [0.717, 1.165) is 12.5 Å². The van der Waals surface area contributed by atoms with E-state index in [-0.39, 0.29) is 0 Å². The molecule has 3 atom stereocenters. The number of nitrogens with two attached hydrogens (primary N) is 1. The molecule has 2 N–H and O–H groups in total. The van der Waals surface area contributed by atoms with Crippen LogP contribution in [0.5, 0.6) is 0 Å². The lowest BCUT2D eigenvalue weighted by atomic mass is 9.93. The highest BCUT2D eigenvalue weighted by molar-refractivity contribution is 4.83. The standard InChI is InChI=1S/C11H24N2O/c1-9-4-5-10(2)13(7-9)11(6-12)8-14-3/h9-11H,4-8,12H2,1-3H3. The van der Waals surface area contributed by atoms with E-state index >= 15 is 0 Å². The first-order valence-corrected chi connectivity index (χ1v) is 5.63. The van der Waals surface area contributed by atoms with Gasteiger partial charge in [0.25, 0.3) is 0 Å². The molecule has 0 spiro atoms. The highest BCUT2D eigenvalue weighted by atomic mass is 16.5. The Morgan fingerprint density at radius 3 is 2.71 bits per heavy atom. The van der Waals surface area contributed by atoms with Gasteiger partial charge in [0.15, 0.2) is 0 Å². The van der Waals surface area contributed by atoms with Gasteiger partial charge in [-0.25, -0.2) is 0 Å². The van der Waals surface area contributed by atoms with Crippen molar-refractivity contribution >= 4 is 0 Å².